The highest BCUT2D eigenvalue weighted by molar-refractivity contribution is 14.1. The summed E-state index contributed by atoms with van der Waals surface area (Å²) in [6, 6.07) is 7.70. The third-order valence-electron chi connectivity index (χ3n) is 2.24. The summed E-state index contributed by atoms with van der Waals surface area (Å²) in [5.41, 5.74) is 7.58. The van der Waals surface area contributed by atoms with E-state index in [9.17, 15) is 4.39 Å². The van der Waals surface area contributed by atoms with Gasteiger partial charge in [-0.15, -0.1) is 0 Å². The first-order valence-electron chi connectivity index (χ1n) is 4.33. The summed E-state index contributed by atoms with van der Waals surface area (Å²) in [4.78, 5) is 0. The van der Waals surface area contributed by atoms with E-state index in [2.05, 4.69) is 22.6 Å². The number of rotatable bonds is 2. The van der Waals surface area contributed by atoms with Gasteiger partial charge in [-0.3, -0.25) is 0 Å². The van der Waals surface area contributed by atoms with Crippen molar-refractivity contribution >= 4 is 39.2 Å². The lowest BCUT2D eigenvalue weighted by atomic mass is 10.2. The Hall–Kier alpha value is -0.780. The maximum Gasteiger partial charge on any atom is 0.107 e. The highest BCUT2D eigenvalue weighted by Gasteiger charge is 2.07. The molecule has 0 unspecified atom stereocenters. The van der Waals surface area contributed by atoms with Crippen LogP contribution in [0.25, 0.3) is 10.9 Å². The van der Waals surface area contributed by atoms with Crippen molar-refractivity contribution in [3.05, 3.63) is 28.0 Å². The second-order valence-corrected chi connectivity index (χ2v) is 4.19. The smallest absolute Gasteiger partial charge is 0.107 e. The van der Waals surface area contributed by atoms with E-state index < -0.39 is 0 Å². The minimum Gasteiger partial charge on any atom is -0.398 e. The van der Waals surface area contributed by atoms with Gasteiger partial charge in [-0.1, -0.05) is 6.07 Å². The molecule has 0 aliphatic carbocycles. The first kappa shape index (κ1) is 9.76. The Morgan fingerprint density at radius 2 is 2.21 bits per heavy atom. The third-order valence-corrected chi connectivity index (χ3v) is 3.13. The lowest BCUT2D eigenvalue weighted by Crippen LogP contribution is -2.01. The largest absolute Gasteiger partial charge is 0.398 e. The average Bonchev–Trinajstić information content (AvgIpc) is 2.47. The van der Waals surface area contributed by atoms with Gasteiger partial charge in [0, 0.05) is 11.1 Å². The molecule has 0 radical (unpaired) electrons. The van der Waals surface area contributed by atoms with Crippen LogP contribution in [0.5, 0.6) is 0 Å². The van der Waals surface area contributed by atoms with Crippen molar-refractivity contribution in [2.75, 3.05) is 12.4 Å². The van der Waals surface area contributed by atoms with Crippen LogP contribution in [0.2, 0.25) is 0 Å². The Balaban J connectivity index is 2.70. The van der Waals surface area contributed by atoms with Crippen molar-refractivity contribution in [1.29, 1.82) is 0 Å². The molecule has 1 heterocycles. The first-order chi connectivity index (χ1) is 6.74. The molecule has 0 aliphatic rings. The predicted octanol–water partition coefficient (Wildman–Crippen LogP) is 2.80. The van der Waals surface area contributed by atoms with Crippen LogP contribution in [0.1, 0.15) is 0 Å². The highest BCUT2D eigenvalue weighted by atomic mass is 127. The van der Waals surface area contributed by atoms with Crippen LogP contribution in [0.4, 0.5) is 10.1 Å². The molecular weight excluding hydrogens is 294 g/mol. The zero-order valence-electron chi connectivity index (χ0n) is 7.50. The number of hydrogen-bond donors (Lipinski definition) is 1. The number of nitrogen functional groups attached to an aromatic ring is 1. The summed E-state index contributed by atoms with van der Waals surface area (Å²) in [5.74, 6) is 0. The number of hydrogen-bond acceptors (Lipinski definition) is 1. The second-order valence-electron chi connectivity index (χ2n) is 3.09. The van der Waals surface area contributed by atoms with Gasteiger partial charge in [-0.2, -0.15) is 0 Å². The molecule has 2 N–H and O–H groups in total. The van der Waals surface area contributed by atoms with Crippen molar-refractivity contribution in [2.45, 2.75) is 6.54 Å². The van der Waals surface area contributed by atoms with E-state index in [1.807, 2.05) is 28.8 Å². The van der Waals surface area contributed by atoms with Crippen LogP contribution in [-0.4, -0.2) is 11.2 Å². The number of anilines is 1. The SMILES string of the molecule is Nc1cccc2c1cc(I)n2CCF. The van der Waals surface area contributed by atoms with Gasteiger partial charge in [-0.05, 0) is 40.8 Å². The normalized spacial score (nSPS) is 11.0. The fraction of sp³-hybridized carbons (Fsp3) is 0.200. The zero-order valence-corrected chi connectivity index (χ0v) is 9.66. The number of aryl methyl sites for hydroxylation is 1. The monoisotopic (exact) mass is 304 g/mol. The fourth-order valence-corrected chi connectivity index (χ4v) is 2.40. The molecule has 0 saturated heterocycles. The van der Waals surface area contributed by atoms with Crippen molar-refractivity contribution in [1.82, 2.24) is 4.57 Å². The molecule has 74 valence electrons. The summed E-state index contributed by atoms with van der Waals surface area (Å²) in [7, 11) is 0. The van der Waals surface area contributed by atoms with E-state index in [1.54, 1.807) is 0 Å². The minimum absolute atomic E-state index is 0.353. The van der Waals surface area contributed by atoms with Crippen LogP contribution in [0, 0.1) is 3.70 Å². The van der Waals surface area contributed by atoms with Gasteiger partial charge in [0.25, 0.3) is 0 Å². The molecule has 0 fully saturated rings. The number of fused-ring (bicyclic) bond motifs is 1. The third kappa shape index (κ3) is 1.47. The van der Waals surface area contributed by atoms with Crippen molar-refractivity contribution in [2.24, 2.45) is 0 Å². The number of halogens is 2. The molecule has 0 aliphatic heterocycles. The van der Waals surface area contributed by atoms with Crippen LogP contribution in [0.3, 0.4) is 0 Å². The molecule has 4 heteroatoms. The van der Waals surface area contributed by atoms with Crippen LogP contribution < -0.4 is 5.73 Å². The minimum atomic E-state index is -0.353. The molecule has 0 spiro atoms. The molecule has 2 aromatic rings. The van der Waals surface area contributed by atoms with E-state index in [0.717, 1.165) is 20.3 Å². The lowest BCUT2D eigenvalue weighted by molar-refractivity contribution is 0.448. The predicted molar refractivity (Wildman–Crippen MR) is 65.0 cm³/mol. The van der Waals surface area contributed by atoms with Crippen molar-refractivity contribution in [3.63, 3.8) is 0 Å². The number of benzene rings is 1. The Bertz CT molecular complexity index is 464. The number of alkyl halides is 1. The Labute approximate surface area is 95.0 Å². The van der Waals surface area contributed by atoms with E-state index in [1.165, 1.54) is 0 Å². The Morgan fingerprint density at radius 1 is 1.43 bits per heavy atom. The molecule has 1 aromatic heterocycles. The second kappa shape index (κ2) is 3.76. The highest BCUT2D eigenvalue weighted by Crippen LogP contribution is 2.25. The molecule has 1 aromatic carbocycles. The maximum atomic E-state index is 12.3. The van der Waals surface area contributed by atoms with Crippen molar-refractivity contribution in [3.8, 4) is 0 Å². The fourth-order valence-electron chi connectivity index (χ4n) is 1.59. The molecule has 2 rings (SSSR count). The summed E-state index contributed by atoms with van der Waals surface area (Å²) >= 11 is 2.19. The zero-order chi connectivity index (χ0) is 10.1. The summed E-state index contributed by atoms with van der Waals surface area (Å²) in [5, 5.41) is 1.00. The Kier molecular flexibility index (Phi) is 2.62. The molecule has 0 bridgehead atoms. The molecule has 0 atom stereocenters. The quantitative estimate of drug-likeness (QED) is 0.671. The summed E-state index contributed by atoms with van der Waals surface area (Å²) in [6.07, 6.45) is 0. The topological polar surface area (TPSA) is 30.9 Å². The summed E-state index contributed by atoms with van der Waals surface area (Å²) < 4.78 is 15.3. The lowest BCUT2D eigenvalue weighted by Gasteiger charge is -2.03. The van der Waals surface area contributed by atoms with E-state index in [0.29, 0.717) is 6.54 Å². The molecule has 14 heavy (non-hydrogen) atoms. The number of aromatic nitrogens is 1. The van der Waals surface area contributed by atoms with Gasteiger partial charge < -0.3 is 10.3 Å². The maximum absolute atomic E-state index is 12.3. The number of nitrogens with two attached hydrogens (primary N) is 1. The van der Waals surface area contributed by atoms with Gasteiger partial charge in [0.15, 0.2) is 0 Å². The van der Waals surface area contributed by atoms with E-state index >= 15 is 0 Å². The van der Waals surface area contributed by atoms with Gasteiger partial charge in [-0.25, -0.2) is 4.39 Å². The average molecular weight is 304 g/mol. The van der Waals surface area contributed by atoms with Gasteiger partial charge in [0.05, 0.1) is 15.8 Å². The molecular formula is C10H10FIN2. The van der Waals surface area contributed by atoms with Crippen LogP contribution in [-0.2, 0) is 6.54 Å². The van der Waals surface area contributed by atoms with Crippen LogP contribution in [0.15, 0.2) is 24.3 Å². The van der Waals surface area contributed by atoms with E-state index in [-0.39, 0.29) is 6.67 Å². The molecule has 0 saturated carbocycles. The Morgan fingerprint density at radius 3 is 2.93 bits per heavy atom. The van der Waals surface area contributed by atoms with Crippen LogP contribution >= 0.6 is 22.6 Å². The van der Waals surface area contributed by atoms with Gasteiger partial charge in [0.1, 0.15) is 6.67 Å². The number of nitrogens with zero attached hydrogens (tertiary/aromatic N) is 1. The molecule has 2 nitrogen and oxygen atoms in total. The first-order valence-corrected chi connectivity index (χ1v) is 5.41. The van der Waals surface area contributed by atoms with Crippen molar-refractivity contribution < 1.29 is 4.39 Å². The standard InChI is InChI=1S/C10H10FIN2/c11-4-5-14-9-3-1-2-8(13)7(9)6-10(14)12/h1-3,6H,4-5,13H2. The summed E-state index contributed by atoms with van der Waals surface area (Å²) in [6.45, 7) is 0.0415. The van der Waals surface area contributed by atoms with Gasteiger partial charge >= 0.3 is 0 Å². The van der Waals surface area contributed by atoms with Gasteiger partial charge in [0.2, 0.25) is 0 Å². The van der Waals surface area contributed by atoms with E-state index in [4.69, 9.17) is 5.73 Å². The molecule has 0 amide bonds.